The van der Waals surface area contributed by atoms with Crippen molar-refractivity contribution in [2.45, 2.75) is 32.4 Å². The zero-order valence-corrected chi connectivity index (χ0v) is 9.46. The van der Waals surface area contributed by atoms with E-state index in [2.05, 4.69) is 37.1 Å². The first-order valence-corrected chi connectivity index (χ1v) is 5.41. The molecule has 0 saturated carbocycles. The highest BCUT2D eigenvalue weighted by atomic mass is 15.0. The molecule has 2 heteroatoms. The highest BCUT2D eigenvalue weighted by molar-refractivity contribution is 5.03. The maximum absolute atomic E-state index is 3.87. The topological polar surface area (TPSA) is 24.1 Å². The lowest BCUT2D eigenvalue weighted by atomic mass is 9.86. The first-order chi connectivity index (χ1) is 6.70. The Morgan fingerprint density at radius 2 is 2.14 bits per heavy atom. The zero-order chi connectivity index (χ0) is 10.6. The predicted molar refractivity (Wildman–Crippen MR) is 62.1 cm³/mol. The van der Waals surface area contributed by atoms with Crippen LogP contribution in [-0.4, -0.2) is 19.1 Å². The molecule has 4 unspecified atom stereocenters. The Bertz CT molecular complexity index is 210. The Kier molecular flexibility index (Phi) is 4.21. The highest BCUT2D eigenvalue weighted by Gasteiger charge is 2.34. The summed E-state index contributed by atoms with van der Waals surface area (Å²) < 4.78 is 0. The normalized spacial score (nSPS) is 37.6. The molecule has 1 aliphatic rings. The zero-order valence-electron chi connectivity index (χ0n) is 9.46. The van der Waals surface area contributed by atoms with Gasteiger partial charge in [0.05, 0.1) is 0 Å². The third-order valence-electron chi connectivity index (χ3n) is 3.29. The maximum Gasteiger partial charge on any atom is 0.0278 e. The summed E-state index contributed by atoms with van der Waals surface area (Å²) >= 11 is 0. The van der Waals surface area contributed by atoms with E-state index in [1.54, 1.807) is 0 Å². The molecule has 1 fully saturated rings. The molecule has 1 aliphatic heterocycles. The summed E-state index contributed by atoms with van der Waals surface area (Å²) in [6.07, 6.45) is 7.40. The molecule has 14 heavy (non-hydrogen) atoms. The molecule has 0 aromatic rings. The molecule has 0 bridgehead atoms. The van der Waals surface area contributed by atoms with Crippen molar-refractivity contribution in [1.82, 2.24) is 10.6 Å². The summed E-state index contributed by atoms with van der Waals surface area (Å²) in [6, 6.07) is 1.08. The van der Waals surface area contributed by atoms with Gasteiger partial charge in [0.2, 0.25) is 0 Å². The lowest BCUT2D eigenvalue weighted by Gasteiger charge is -2.17. The number of allylic oxidation sites excluding steroid dienone is 1. The van der Waals surface area contributed by atoms with Crippen LogP contribution in [0.4, 0.5) is 0 Å². The predicted octanol–water partition coefficient (Wildman–Crippen LogP) is 1.91. The second kappa shape index (κ2) is 5.20. The molecule has 2 nitrogen and oxygen atoms in total. The number of nitrogens with one attached hydrogen (secondary N) is 2. The van der Waals surface area contributed by atoms with Gasteiger partial charge in [0, 0.05) is 19.1 Å². The van der Waals surface area contributed by atoms with Gasteiger partial charge in [-0.25, -0.2) is 0 Å². The van der Waals surface area contributed by atoms with Crippen molar-refractivity contribution in [2.75, 3.05) is 7.05 Å². The average molecular weight is 194 g/mol. The van der Waals surface area contributed by atoms with Crippen LogP contribution in [0.2, 0.25) is 0 Å². The van der Waals surface area contributed by atoms with Crippen LogP contribution in [0, 0.1) is 11.8 Å². The first-order valence-electron chi connectivity index (χ1n) is 5.41. The summed E-state index contributed by atoms with van der Waals surface area (Å²) in [5, 5.41) is 6.58. The van der Waals surface area contributed by atoms with E-state index in [-0.39, 0.29) is 0 Å². The van der Waals surface area contributed by atoms with Crippen LogP contribution in [0.15, 0.2) is 24.9 Å². The van der Waals surface area contributed by atoms with Crippen molar-refractivity contribution in [3.8, 4) is 0 Å². The van der Waals surface area contributed by atoms with E-state index in [0.717, 1.165) is 12.3 Å². The van der Waals surface area contributed by atoms with Gasteiger partial charge in [-0.2, -0.15) is 0 Å². The lowest BCUT2D eigenvalue weighted by Crippen LogP contribution is -2.27. The molecule has 4 atom stereocenters. The number of rotatable bonds is 4. The van der Waals surface area contributed by atoms with Gasteiger partial charge in [-0.3, -0.25) is 0 Å². The van der Waals surface area contributed by atoms with Crippen LogP contribution in [-0.2, 0) is 0 Å². The van der Waals surface area contributed by atoms with E-state index >= 15 is 0 Å². The Morgan fingerprint density at radius 3 is 2.64 bits per heavy atom. The fourth-order valence-electron chi connectivity index (χ4n) is 2.35. The monoisotopic (exact) mass is 194 g/mol. The Balaban J connectivity index is 2.51. The van der Waals surface area contributed by atoms with E-state index < -0.39 is 0 Å². The molecule has 80 valence electrons. The smallest absolute Gasteiger partial charge is 0.0278 e. The van der Waals surface area contributed by atoms with Crippen LogP contribution in [0.3, 0.4) is 0 Å². The summed E-state index contributed by atoms with van der Waals surface area (Å²) in [4.78, 5) is 0. The minimum atomic E-state index is 0.484. The minimum absolute atomic E-state index is 0.484. The molecule has 0 aliphatic carbocycles. The summed E-state index contributed by atoms with van der Waals surface area (Å²) in [6.45, 7) is 8.43. The van der Waals surface area contributed by atoms with Crippen LogP contribution in [0.5, 0.6) is 0 Å². The van der Waals surface area contributed by atoms with E-state index in [1.807, 2.05) is 19.3 Å². The van der Waals surface area contributed by atoms with Gasteiger partial charge < -0.3 is 10.6 Å². The third-order valence-corrected chi connectivity index (χ3v) is 3.29. The molecule has 0 aromatic heterocycles. The van der Waals surface area contributed by atoms with Crippen molar-refractivity contribution in [1.29, 1.82) is 0 Å². The van der Waals surface area contributed by atoms with E-state index in [1.165, 1.54) is 0 Å². The fraction of sp³-hybridized carbons (Fsp3) is 0.667. The lowest BCUT2D eigenvalue weighted by molar-refractivity contribution is 0.391. The molecule has 0 amide bonds. The Morgan fingerprint density at radius 1 is 1.43 bits per heavy atom. The van der Waals surface area contributed by atoms with Gasteiger partial charge >= 0.3 is 0 Å². The van der Waals surface area contributed by atoms with Crippen molar-refractivity contribution < 1.29 is 0 Å². The van der Waals surface area contributed by atoms with Crippen LogP contribution in [0.25, 0.3) is 0 Å². The second-order valence-electron chi connectivity index (χ2n) is 4.17. The SMILES string of the molecule is C=CC1NC(C)C(C/C=C\NC)C1C. The minimum Gasteiger partial charge on any atom is -0.394 e. The molecule has 1 saturated heterocycles. The third kappa shape index (κ3) is 2.38. The van der Waals surface area contributed by atoms with Crippen LogP contribution < -0.4 is 10.6 Å². The van der Waals surface area contributed by atoms with E-state index in [4.69, 9.17) is 0 Å². The van der Waals surface area contributed by atoms with E-state index in [9.17, 15) is 0 Å². The Hall–Kier alpha value is -0.760. The summed E-state index contributed by atoms with van der Waals surface area (Å²) in [5.41, 5.74) is 0. The van der Waals surface area contributed by atoms with E-state index in [0.29, 0.717) is 18.0 Å². The first kappa shape index (κ1) is 11.3. The van der Waals surface area contributed by atoms with Gasteiger partial charge in [-0.05, 0) is 31.4 Å². The molecule has 0 radical (unpaired) electrons. The maximum atomic E-state index is 3.87. The number of hydrogen-bond donors (Lipinski definition) is 2. The van der Waals surface area contributed by atoms with Crippen molar-refractivity contribution in [3.63, 3.8) is 0 Å². The number of hydrogen-bond acceptors (Lipinski definition) is 2. The van der Waals surface area contributed by atoms with Crippen molar-refractivity contribution >= 4 is 0 Å². The summed E-state index contributed by atoms with van der Waals surface area (Å²) in [7, 11) is 1.93. The molecule has 0 spiro atoms. The van der Waals surface area contributed by atoms with Gasteiger partial charge in [0.15, 0.2) is 0 Å². The van der Waals surface area contributed by atoms with Crippen molar-refractivity contribution in [2.24, 2.45) is 11.8 Å². The average Bonchev–Trinajstić information content (AvgIpc) is 2.45. The van der Waals surface area contributed by atoms with Gasteiger partial charge in [0.25, 0.3) is 0 Å². The molecule has 2 N–H and O–H groups in total. The molecular formula is C12H22N2. The van der Waals surface area contributed by atoms with Gasteiger partial charge in [0.1, 0.15) is 0 Å². The largest absolute Gasteiger partial charge is 0.394 e. The highest BCUT2D eigenvalue weighted by Crippen LogP contribution is 2.30. The molecular weight excluding hydrogens is 172 g/mol. The Labute approximate surface area is 87.5 Å². The molecule has 0 aromatic carbocycles. The standard InChI is InChI=1S/C12H22N2/c1-5-12-9(2)11(10(3)14-12)7-6-8-13-4/h5-6,8-14H,1,7H2,2-4H3/b8-6-. The second-order valence-corrected chi connectivity index (χ2v) is 4.17. The molecule has 1 heterocycles. The summed E-state index contributed by atoms with van der Waals surface area (Å²) in [5.74, 6) is 1.41. The van der Waals surface area contributed by atoms with Gasteiger partial charge in [-0.1, -0.05) is 19.1 Å². The fourth-order valence-corrected chi connectivity index (χ4v) is 2.35. The van der Waals surface area contributed by atoms with Crippen LogP contribution in [0.1, 0.15) is 20.3 Å². The van der Waals surface area contributed by atoms with Crippen molar-refractivity contribution in [3.05, 3.63) is 24.9 Å². The van der Waals surface area contributed by atoms with Gasteiger partial charge in [-0.15, -0.1) is 6.58 Å². The molecule has 1 rings (SSSR count). The van der Waals surface area contributed by atoms with Crippen LogP contribution >= 0.6 is 0 Å². The quantitative estimate of drug-likeness (QED) is 0.668.